The van der Waals surface area contributed by atoms with E-state index < -0.39 is 0 Å². The van der Waals surface area contributed by atoms with Crippen LogP contribution in [-0.4, -0.2) is 47.8 Å². The molecule has 1 unspecified atom stereocenters. The van der Waals surface area contributed by atoms with E-state index in [1.807, 2.05) is 18.2 Å². The minimum Gasteiger partial charge on any atom is -0.349 e. The first-order valence-electron chi connectivity index (χ1n) is 14.6. The fraction of sp³-hybridized carbons (Fsp3) is 0.562. The summed E-state index contributed by atoms with van der Waals surface area (Å²) < 4.78 is 1.07. The van der Waals surface area contributed by atoms with E-state index in [0.717, 1.165) is 56.3 Å². The Morgan fingerprint density at radius 1 is 0.947 bits per heavy atom. The summed E-state index contributed by atoms with van der Waals surface area (Å²) in [5.74, 6) is 1.09. The molecular weight excluding hydrogens is 538 g/mol. The highest BCUT2D eigenvalue weighted by Crippen LogP contribution is 2.42. The molecule has 204 valence electrons. The highest BCUT2D eigenvalue weighted by atomic mass is 79.9. The zero-order valence-corrected chi connectivity index (χ0v) is 24.1. The van der Waals surface area contributed by atoms with Gasteiger partial charge in [0.2, 0.25) is 11.8 Å². The van der Waals surface area contributed by atoms with Crippen LogP contribution in [0.5, 0.6) is 0 Å². The van der Waals surface area contributed by atoms with Crippen molar-refractivity contribution in [3.8, 4) is 0 Å². The molecular formula is C32H42BrN3O2. The molecule has 1 N–H and O–H groups in total. The first kappa shape index (κ1) is 27.4. The maximum Gasteiger partial charge on any atom is 0.229 e. The van der Waals surface area contributed by atoms with Crippen molar-refractivity contribution in [3.63, 3.8) is 0 Å². The normalized spacial score (nSPS) is 21.1. The summed E-state index contributed by atoms with van der Waals surface area (Å²) in [5, 5.41) is 3.38. The Labute approximate surface area is 236 Å². The summed E-state index contributed by atoms with van der Waals surface area (Å²) in [7, 11) is 0. The third kappa shape index (κ3) is 6.87. The van der Waals surface area contributed by atoms with Crippen molar-refractivity contribution in [2.45, 2.75) is 76.8 Å². The van der Waals surface area contributed by atoms with Gasteiger partial charge in [-0.15, -0.1) is 0 Å². The second-order valence-corrected chi connectivity index (χ2v) is 12.7. The minimum absolute atomic E-state index is 0.0395. The van der Waals surface area contributed by atoms with Gasteiger partial charge in [0.05, 0.1) is 11.5 Å². The van der Waals surface area contributed by atoms with E-state index >= 15 is 0 Å². The summed E-state index contributed by atoms with van der Waals surface area (Å²) in [4.78, 5) is 31.0. The number of nitrogens with one attached hydrogen (secondary N) is 1. The first-order valence-corrected chi connectivity index (χ1v) is 15.4. The fourth-order valence-corrected chi connectivity index (χ4v) is 7.01. The zero-order chi connectivity index (χ0) is 26.4. The Hall–Kier alpha value is -2.18. The van der Waals surface area contributed by atoms with E-state index in [2.05, 4.69) is 67.4 Å². The van der Waals surface area contributed by atoms with Gasteiger partial charge in [0.1, 0.15) is 0 Å². The SMILES string of the molecule is O=C(CC1CCCCC1)NC(CCN1CCC2(CC1)CCN(Cc1ccc(Br)cc1)C2=O)c1ccccc1. The number of benzene rings is 2. The molecule has 3 fully saturated rings. The Bertz CT molecular complexity index is 1060. The van der Waals surface area contributed by atoms with Crippen LogP contribution in [0.1, 0.15) is 81.4 Å². The molecule has 0 radical (unpaired) electrons. The van der Waals surface area contributed by atoms with E-state index in [0.29, 0.717) is 24.8 Å². The maximum atomic E-state index is 13.4. The number of piperidine rings is 1. The predicted octanol–water partition coefficient (Wildman–Crippen LogP) is 6.48. The average Bonchev–Trinajstić information content (AvgIpc) is 3.24. The summed E-state index contributed by atoms with van der Waals surface area (Å²) in [6, 6.07) is 18.8. The van der Waals surface area contributed by atoms with Gasteiger partial charge in [0.15, 0.2) is 0 Å². The van der Waals surface area contributed by atoms with Crippen LogP contribution in [0.3, 0.4) is 0 Å². The highest BCUT2D eigenvalue weighted by molar-refractivity contribution is 9.10. The molecule has 2 aliphatic heterocycles. The van der Waals surface area contributed by atoms with Crippen molar-refractivity contribution in [3.05, 3.63) is 70.2 Å². The molecule has 0 bridgehead atoms. The summed E-state index contributed by atoms with van der Waals surface area (Å²) >= 11 is 3.49. The lowest BCUT2D eigenvalue weighted by Gasteiger charge is -2.38. The van der Waals surface area contributed by atoms with Gasteiger partial charge in [-0.3, -0.25) is 9.59 Å². The molecule has 6 heteroatoms. The smallest absolute Gasteiger partial charge is 0.229 e. The molecule has 2 saturated heterocycles. The summed E-state index contributed by atoms with van der Waals surface area (Å²) in [6.45, 7) is 4.41. The van der Waals surface area contributed by atoms with E-state index in [4.69, 9.17) is 0 Å². The molecule has 1 saturated carbocycles. The van der Waals surface area contributed by atoms with E-state index in [9.17, 15) is 9.59 Å². The Balaban J connectivity index is 1.12. The Kier molecular flexibility index (Phi) is 9.21. The number of amides is 2. The number of likely N-dealkylation sites (tertiary alicyclic amines) is 2. The van der Waals surface area contributed by atoms with Gasteiger partial charge in [0.25, 0.3) is 0 Å². The van der Waals surface area contributed by atoms with Gasteiger partial charge < -0.3 is 15.1 Å². The van der Waals surface area contributed by atoms with Crippen molar-refractivity contribution < 1.29 is 9.59 Å². The number of halogens is 1. The maximum absolute atomic E-state index is 13.4. The summed E-state index contributed by atoms with van der Waals surface area (Å²) in [5.41, 5.74) is 2.19. The minimum atomic E-state index is -0.182. The first-order chi connectivity index (χ1) is 18.5. The number of carbonyl (C=O) groups excluding carboxylic acids is 2. The van der Waals surface area contributed by atoms with Gasteiger partial charge in [-0.05, 0) is 80.8 Å². The molecule has 1 atom stereocenters. The van der Waals surface area contributed by atoms with E-state index in [-0.39, 0.29) is 17.4 Å². The lowest BCUT2D eigenvalue weighted by molar-refractivity contribution is -0.139. The number of nitrogens with zero attached hydrogens (tertiary/aromatic N) is 2. The Morgan fingerprint density at radius 3 is 2.34 bits per heavy atom. The van der Waals surface area contributed by atoms with Crippen LogP contribution in [0, 0.1) is 11.3 Å². The third-order valence-electron chi connectivity index (χ3n) is 9.17. The molecule has 1 aliphatic carbocycles. The monoisotopic (exact) mass is 579 g/mol. The number of hydrogen-bond acceptors (Lipinski definition) is 3. The standard InChI is InChI=1S/C32H42BrN3O2/c33-28-13-11-26(12-14-28)24-36-22-18-32(31(36)38)16-20-35(21-17-32)19-15-29(27-9-5-2-6-10-27)34-30(37)23-25-7-3-1-4-8-25/h2,5-6,9-14,25,29H,1,3-4,7-8,15-24H2,(H,34,37). The van der Waals surface area contributed by atoms with Crippen LogP contribution >= 0.6 is 15.9 Å². The van der Waals surface area contributed by atoms with Crippen molar-refractivity contribution in [2.75, 3.05) is 26.2 Å². The topological polar surface area (TPSA) is 52.7 Å². The van der Waals surface area contributed by atoms with Crippen LogP contribution in [0.15, 0.2) is 59.1 Å². The van der Waals surface area contributed by atoms with E-state index in [1.54, 1.807) is 0 Å². The molecule has 0 aromatic heterocycles. The molecule has 1 spiro atoms. The van der Waals surface area contributed by atoms with Gasteiger partial charge in [-0.1, -0.05) is 77.7 Å². The molecule has 2 heterocycles. The number of hydrogen-bond donors (Lipinski definition) is 1. The second-order valence-electron chi connectivity index (χ2n) is 11.8. The van der Waals surface area contributed by atoms with Crippen molar-refractivity contribution in [1.82, 2.24) is 15.1 Å². The largest absolute Gasteiger partial charge is 0.349 e. The molecule has 3 aliphatic rings. The number of carbonyl (C=O) groups is 2. The average molecular weight is 581 g/mol. The quantitative estimate of drug-likeness (QED) is 0.370. The van der Waals surface area contributed by atoms with E-state index in [1.165, 1.54) is 43.2 Å². The second kappa shape index (κ2) is 12.8. The summed E-state index contributed by atoms with van der Waals surface area (Å²) in [6.07, 6.45) is 10.6. The Morgan fingerprint density at radius 2 is 1.63 bits per heavy atom. The molecule has 2 aromatic carbocycles. The van der Waals surface area contributed by atoms with Gasteiger partial charge >= 0.3 is 0 Å². The van der Waals surface area contributed by atoms with Crippen molar-refractivity contribution in [2.24, 2.45) is 11.3 Å². The van der Waals surface area contributed by atoms with Gasteiger partial charge in [0, 0.05) is 30.5 Å². The van der Waals surface area contributed by atoms with Crippen LogP contribution < -0.4 is 5.32 Å². The van der Waals surface area contributed by atoms with Crippen LogP contribution in [0.25, 0.3) is 0 Å². The molecule has 5 nitrogen and oxygen atoms in total. The van der Waals surface area contributed by atoms with Crippen LogP contribution in [-0.2, 0) is 16.1 Å². The lowest BCUT2D eigenvalue weighted by Crippen LogP contribution is -2.45. The van der Waals surface area contributed by atoms with Crippen LogP contribution in [0.4, 0.5) is 0 Å². The van der Waals surface area contributed by atoms with Gasteiger partial charge in [-0.2, -0.15) is 0 Å². The molecule has 2 aromatic rings. The predicted molar refractivity (Wildman–Crippen MR) is 155 cm³/mol. The fourth-order valence-electron chi connectivity index (χ4n) is 6.75. The lowest BCUT2D eigenvalue weighted by atomic mass is 9.77. The van der Waals surface area contributed by atoms with Crippen LogP contribution in [0.2, 0.25) is 0 Å². The molecule has 38 heavy (non-hydrogen) atoms. The number of rotatable bonds is 9. The molecule has 5 rings (SSSR count). The van der Waals surface area contributed by atoms with Crippen molar-refractivity contribution >= 4 is 27.7 Å². The zero-order valence-electron chi connectivity index (χ0n) is 22.5. The third-order valence-corrected chi connectivity index (χ3v) is 9.70. The van der Waals surface area contributed by atoms with Crippen molar-refractivity contribution in [1.29, 1.82) is 0 Å². The molecule has 2 amide bonds. The van der Waals surface area contributed by atoms with Gasteiger partial charge in [-0.25, -0.2) is 0 Å². The highest BCUT2D eigenvalue weighted by Gasteiger charge is 2.47.